The molecule has 1 aliphatic carbocycles. The quantitative estimate of drug-likeness (QED) is 0.624. The lowest BCUT2D eigenvalue weighted by molar-refractivity contribution is 0.188. The van der Waals surface area contributed by atoms with Gasteiger partial charge in [0.2, 0.25) is 0 Å². The molecule has 148 valence electrons. The summed E-state index contributed by atoms with van der Waals surface area (Å²) in [5, 5.41) is 24.5. The van der Waals surface area contributed by atoms with Gasteiger partial charge in [-0.15, -0.1) is 0 Å². The van der Waals surface area contributed by atoms with E-state index in [9.17, 15) is 10.2 Å². The maximum absolute atomic E-state index is 9.86. The number of aliphatic hydroxyl groups excluding tert-OH is 2. The van der Waals surface area contributed by atoms with Gasteiger partial charge in [0.05, 0.1) is 37.4 Å². The summed E-state index contributed by atoms with van der Waals surface area (Å²) in [6, 6.07) is 5.79. The van der Waals surface area contributed by atoms with Crippen LogP contribution in [-0.2, 0) is 6.42 Å². The molecule has 4 N–H and O–H groups in total. The van der Waals surface area contributed by atoms with Crippen LogP contribution in [0, 0.1) is 13.8 Å². The Balaban J connectivity index is 2.04. The number of aliphatic hydroxyl groups is 2. The summed E-state index contributed by atoms with van der Waals surface area (Å²) in [6.07, 6.45) is 1.59. The second-order valence-corrected chi connectivity index (χ2v) is 7.44. The van der Waals surface area contributed by atoms with Gasteiger partial charge in [-0.2, -0.15) is 5.10 Å². The van der Waals surface area contributed by atoms with Gasteiger partial charge in [-0.25, -0.2) is 9.50 Å². The molecule has 0 radical (unpaired) electrons. The van der Waals surface area contributed by atoms with E-state index < -0.39 is 5.92 Å². The fraction of sp³-hybridized carbons (Fsp3) is 0.429. The summed E-state index contributed by atoms with van der Waals surface area (Å²) in [7, 11) is 1.65. The Labute approximate surface area is 163 Å². The van der Waals surface area contributed by atoms with Gasteiger partial charge in [-0.1, -0.05) is 6.07 Å². The van der Waals surface area contributed by atoms with Gasteiger partial charge < -0.3 is 20.7 Å². The number of nitrogens with two attached hydrogens (primary N) is 1. The van der Waals surface area contributed by atoms with Gasteiger partial charge in [-0.3, -0.25) is 0 Å². The first-order chi connectivity index (χ1) is 13.5. The van der Waals surface area contributed by atoms with Crippen LogP contribution in [0.5, 0.6) is 5.75 Å². The van der Waals surface area contributed by atoms with Crippen LogP contribution in [-0.4, -0.2) is 45.1 Å². The maximum Gasteiger partial charge on any atom is 0.163 e. The van der Waals surface area contributed by atoms with Crippen LogP contribution in [0.2, 0.25) is 0 Å². The number of hydrogen-bond donors (Lipinski definition) is 3. The van der Waals surface area contributed by atoms with Crippen LogP contribution in [0.15, 0.2) is 18.2 Å². The Morgan fingerprint density at radius 1 is 1.29 bits per heavy atom. The van der Waals surface area contributed by atoms with Crippen molar-refractivity contribution in [3.05, 3.63) is 46.4 Å². The summed E-state index contributed by atoms with van der Waals surface area (Å²) in [4.78, 5) is 4.91. The molecule has 1 aromatic carbocycles. The molecule has 1 unspecified atom stereocenters. The number of hydrogen-bond acceptors (Lipinski definition) is 6. The number of methoxy groups -OCH3 is 1. The lowest BCUT2D eigenvalue weighted by Gasteiger charge is -2.18. The summed E-state index contributed by atoms with van der Waals surface area (Å²) in [6.45, 7) is 3.67. The summed E-state index contributed by atoms with van der Waals surface area (Å²) >= 11 is 0. The molecule has 1 aliphatic rings. The first-order valence-electron chi connectivity index (χ1n) is 9.54. The van der Waals surface area contributed by atoms with Crippen molar-refractivity contribution in [1.29, 1.82) is 0 Å². The van der Waals surface area contributed by atoms with E-state index in [1.165, 1.54) is 0 Å². The van der Waals surface area contributed by atoms with Crippen molar-refractivity contribution < 1.29 is 14.9 Å². The van der Waals surface area contributed by atoms with Crippen molar-refractivity contribution >= 4 is 5.65 Å². The Morgan fingerprint density at radius 2 is 2.04 bits per heavy atom. The van der Waals surface area contributed by atoms with E-state index in [0.717, 1.165) is 57.9 Å². The van der Waals surface area contributed by atoms with E-state index in [-0.39, 0.29) is 19.3 Å². The highest BCUT2D eigenvalue weighted by Gasteiger charge is 2.31. The van der Waals surface area contributed by atoms with Crippen LogP contribution < -0.4 is 10.5 Å². The van der Waals surface area contributed by atoms with Crippen molar-refractivity contribution in [2.75, 3.05) is 20.3 Å². The molecule has 7 nitrogen and oxygen atoms in total. The van der Waals surface area contributed by atoms with E-state index in [2.05, 4.69) is 0 Å². The zero-order chi connectivity index (χ0) is 20.0. The van der Waals surface area contributed by atoms with Crippen LogP contribution in [0.25, 0.3) is 16.8 Å². The second-order valence-electron chi connectivity index (χ2n) is 7.44. The molecule has 0 saturated carbocycles. The molecule has 0 amide bonds. The standard InChI is InChI=1S/C21H26N4O3/c1-11-8-14(28-3)4-5-15(11)18-12(2)24-25-20(13(9-26)10-27)16-6-7-17(22)19(16)23-21(18)25/h4-5,8,13,17,26-27H,6-7,9-10,22H2,1-3H3. The van der Waals surface area contributed by atoms with E-state index in [1.807, 2.05) is 32.0 Å². The Kier molecular flexibility index (Phi) is 4.82. The lowest BCUT2D eigenvalue weighted by Crippen LogP contribution is -2.19. The van der Waals surface area contributed by atoms with E-state index in [4.69, 9.17) is 20.6 Å². The molecule has 7 heteroatoms. The molecular formula is C21H26N4O3. The first kappa shape index (κ1) is 18.9. The lowest BCUT2D eigenvalue weighted by atomic mass is 9.98. The Bertz CT molecular complexity index is 1040. The molecule has 0 saturated heterocycles. The number of aryl methyl sites for hydroxylation is 2. The van der Waals surface area contributed by atoms with Gasteiger partial charge in [0.25, 0.3) is 0 Å². The van der Waals surface area contributed by atoms with E-state index in [0.29, 0.717) is 5.65 Å². The predicted molar refractivity (Wildman–Crippen MR) is 107 cm³/mol. The smallest absolute Gasteiger partial charge is 0.163 e. The molecule has 2 heterocycles. The van der Waals surface area contributed by atoms with Crippen LogP contribution in [0.1, 0.15) is 46.6 Å². The highest BCUT2D eigenvalue weighted by atomic mass is 16.5. The highest BCUT2D eigenvalue weighted by molar-refractivity contribution is 5.82. The number of rotatable bonds is 5. The monoisotopic (exact) mass is 382 g/mol. The number of fused-ring (bicyclic) bond motifs is 2. The van der Waals surface area contributed by atoms with Crippen LogP contribution in [0.3, 0.4) is 0 Å². The molecule has 4 rings (SSSR count). The number of aromatic nitrogens is 3. The van der Waals surface area contributed by atoms with Crippen LogP contribution >= 0.6 is 0 Å². The number of ether oxygens (including phenoxy) is 1. The molecule has 0 fully saturated rings. The minimum Gasteiger partial charge on any atom is -0.497 e. The molecule has 0 aliphatic heterocycles. The molecule has 0 bridgehead atoms. The third kappa shape index (κ3) is 2.78. The van der Waals surface area contributed by atoms with Gasteiger partial charge in [0, 0.05) is 17.5 Å². The van der Waals surface area contributed by atoms with Gasteiger partial charge in [0.1, 0.15) is 5.75 Å². The van der Waals surface area contributed by atoms with Gasteiger partial charge in [-0.05, 0) is 55.5 Å². The fourth-order valence-electron chi connectivity index (χ4n) is 4.24. The second kappa shape index (κ2) is 7.16. The molecule has 1 atom stereocenters. The third-order valence-corrected chi connectivity index (χ3v) is 5.70. The van der Waals surface area contributed by atoms with Crippen molar-refractivity contribution in [3.8, 4) is 16.9 Å². The maximum atomic E-state index is 9.86. The van der Waals surface area contributed by atoms with Crippen molar-refractivity contribution in [2.24, 2.45) is 5.73 Å². The minimum atomic E-state index is -0.423. The summed E-state index contributed by atoms with van der Waals surface area (Å²) in [5.41, 5.74) is 13.6. The summed E-state index contributed by atoms with van der Waals surface area (Å²) < 4.78 is 7.12. The molecule has 28 heavy (non-hydrogen) atoms. The average Bonchev–Trinajstić information content (AvgIpc) is 3.22. The van der Waals surface area contributed by atoms with Crippen LogP contribution in [0.4, 0.5) is 0 Å². The van der Waals surface area contributed by atoms with Gasteiger partial charge >= 0.3 is 0 Å². The van der Waals surface area contributed by atoms with E-state index in [1.54, 1.807) is 11.6 Å². The Morgan fingerprint density at radius 3 is 2.68 bits per heavy atom. The minimum absolute atomic E-state index is 0.142. The Hall–Kier alpha value is -2.48. The fourth-order valence-corrected chi connectivity index (χ4v) is 4.24. The number of nitrogens with zero attached hydrogens (tertiary/aromatic N) is 3. The van der Waals surface area contributed by atoms with Crippen molar-refractivity contribution in [1.82, 2.24) is 14.6 Å². The zero-order valence-electron chi connectivity index (χ0n) is 16.4. The molecule has 2 aromatic heterocycles. The largest absolute Gasteiger partial charge is 0.497 e. The van der Waals surface area contributed by atoms with Gasteiger partial charge in [0.15, 0.2) is 5.65 Å². The average molecular weight is 382 g/mol. The molecule has 3 aromatic rings. The SMILES string of the molecule is COc1ccc(-c2c(C)nn3c(C(CO)CO)c4c(nc23)C(N)CC4)c(C)c1. The number of benzene rings is 1. The highest BCUT2D eigenvalue weighted by Crippen LogP contribution is 2.38. The topological polar surface area (TPSA) is 106 Å². The first-order valence-corrected chi connectivity index (χ1v) is 9.54. The third-order valence-electron chi connectivity index (χ3n) is 5.70. The van der Waals surface area contributed by atoms with Crippen molar-refractivity contribution in [2.45, 2.75) is 38.6 Å². The predicted octanol–water partition coefficient (Wildman–Crippen LogP) is 2.04. The molecular weight excluding hydrogens is 356 g/mol. The molecule has 0 spiro atoms. The summed E-state index contributed by atoms with van der Waals surface area (Å²) in [5.74, 6) is 0.376. The van der Waals surface area contributed by atoms with E-state index >= 15 is 0 Å². The van der Waals surface area contributed by atoms with Crippen molar-refractivity contribution in [3.63, 3.8) is 0 Å². The zero-order valence-corrected chi connectivity index (χ0v) is 16.4. The normalized spacial score (nSPS) is 16.2.